The third-order valence-corrected chi connectivity index (χ3v) is 5.19. The molecule has 2 heteroatoms. The molecule has 3 saturated carbocycles. The van der Waals surface area contributed by atoms with Gasteiger partial charge in [-0.1, -0.05) is 19.4 Å². The molecule has 3 aliphatic carbocycles. The van der Waals surface area contributed by atoms with Crippen LogP contribution in [0, 0.1) is 23.7 Å². The highest BCUT2D eigenvalue weighted by Gasteiger charge is 2.52. The Hall–Kier alpha value is -0.790. The summed E-state index contributed by atoms with van der Waals surface area (Å²) in [7, 11) is 0. The number of carbonyl (C=O) groups is 1. The van der Waals surface area contributed by atoms with Crippen LogP contribution in [0.3, 0.4) is 0 Å². The Bertz CT molecular complexity index is 312. The second-order valence-electron chi connectivity index (χ2n) is 5.83. The van der Waals surface area contributed by atoms with Gasteiger partial charge in [0.2, 0.25) is 5.91 Å². The number of hydrogen-bond donors (Lipinski definition) is 1. The fourth-order valence-electron chi connectivity index (χ4n) is 4.65. The van der Waals surface area contributed by atoms with Gasteiger partial charge < -0.3 is 5.32 Å². The molecule has 3 aliphatic rings. The van der Waals surface area contributed by atoms with Crippen molar-refractivity contribution in [3.63, 3.8) is 0 Å². The van der Waals surface area contributed by atoms with Gasteiger partial charge >= 0.3 is 0 Å². The molecule has 16 heavy (non-hydrogen) atoms. The summed E-state index contributed by atoms with van der Waals surface area (Å²) in [5.41, 5.74) is 0. The van der Waals surface area contributed by atoms with Crippen molar-refractivity contribution in [2.24, 2.45) is 23.7 Å². The molecule has 2 nitrogen and oxygen atoms in total. The summed E-state index contributed by atoms with van der Waals surface area (Å²) in [6, 6.07) is 0.454. The molecule has 1 N–H and O–H groups in total. The van der Waals surface area contributed by atoms with E-state index in [0.29, 0.717) is 6.04 Å². The largest absolute Gasteiger partial charge is 0.350 e. The Morgan fingerprint density at radius 3 is 2.62 bits per heavy atom. The third-order valence-electron chi connectivity index (χ3n) is 5.19. The average Bonchev–Trinajstić information content (AvgIpc) is 2.87. The Morgan fingerprint density at radius 1 is 1.12 bits per heavy atom. The van der Waals surface area contributed by atoms with E-state index >= 15 is 0 Å². The Balaban J connectivity index is 1.69. The second-order valence-corrected chi connectivity index (χ2v) is 5.83. The first-order valence-corrected chi connectivity index (χ1v) is 6.72. The van der Waals surface area contributed by atoms with E-state index in [9.17, 15) is 4.79 Å². The highest BCUT2D eigenvalue weighted by Crippen LogP contribution is 2.57. The van der Waals surface area contributed by atoms with Crippen molar-refractivity contribution >= 4 is 5.91 Å². The number of rotatable bonds is 2. The van der Waals surface area contributed by atoms with Gasteiger partial charge in [-0.25, -0.2) is 0 Å². The summed E-state index contributed by atoms with van der Waals surface area (Å²) < 4.78 is 0. The van der Waals surface area contributed by atoms with Crippen molar-refractivity contribution in [2.45, 2.75) is 44.6 Å². The molecule has 5 atom stereocenters. The molecule has 0 radical (unpaired) electrons. The van der Waals surface area contributed by atoms with Crippen molar-refractivity contribution in [3.8, 4) is 0 Å². The second kappa shape index (κ2) is 3.90. The van der Waals surface area contributed by atoms with Crippen LogP contribution in [0.25, 0.3) is 0 Å². The maximum atomic E-state index is 11.4. The summed E-state index contributed by atoms with van der Waals surface area (Å²) in [5.74, 6) is 3.62. The summed E-state index contributed by atoms with van der Waals surface area (Å²) in [4.78, 5) is 11.4. The summed E-state index contributed by atoms with van der Waals surface area (Å²) >= 11 is 0. The molecule has 0 spiro atoms. The number of hydrogen-bond acceptors (Lipinski definition) is 1. The molecule has 0 aliphatic heterocycles. The van der Waals surface area contributed by atoms with Gasteiger partial charge in [0.25, 0.3) is 0 Å². The molecule has 0 aromatic heterocycles. The summed E-state index contributed by atoms with van der Waals surface area (Å²) in [6.07, 6.45) is 9.72. The van der Waals surface area contributed by atoms with E-state index in [2.05, 4.69) is 11.9 Å². The van der Waals surface area contributed by atoms with Crippen LogP contribution in [-0.4, -0.2) is 11.9 Å². The van der Waals surface area contributed by atoms with Gasteiger partial charge in [-0.15, -0.1) is 0 Å². The molecule has 0 aromatic carbocycles. The monoisotopic (exact) mass is 219 g/mol. The molecule has 0 saturated heterocycles. The lowest BCUT2D eigenvalue weighted by Crippen LogP contribution is -2.43. The zero-order chi connectivity index (χ0) is 11.1. The van der Waals surface area contributed by atoms with E-state index in [-0.39, 0.29) is 5.91 Å². The zero-order valence-corrected chi connectivity index (χ0v) is 9.82. The topological polar surface area (TPSA) is 29.1 Å². The number of carbonyl (C=O) groups excluding carboxylic acids is 1. The highest BCUT2D eigenvalue weighted by atomic mass is 16.1. The van der Waals surface area contributed by atoms with Gasteiger partial charge in [-0.05, 0) is 55.4 Å². The van der Waals surface area contributed by atoms with Crippen LogP contribution in [0.15, 0.2) is 12.7 Å². The molecular weight excluding hydrogens is 198 g/mol. The van der Waals surface area contributed by atoms with Gasteiger partial charge in [-0.2, -0.15) is 0 Å². The van der Waals surface area contributed by atoms with Crippen molar-refractivity contribution in [2.75, 3.05) is 0 Å². The standard InChI is InChI=1S/C14H21NO/c1-2-14(16)15-13-8-9-7-12(13)11-6-4-3-5-10(9)11/h2,9-13H,1,3-8H2,(H,15,16). The molecule has 5 unspecified atom stereocenters. The lowest BCUT2D eigenvalue weighted by molar-refractivity contribution is -0.117. The van der Waals surface area contributed by atoms with E-state index in [1.165, 1.54) is 44.6 Å². The number of fused-ring (bicyclic) bond motifs is 5. The van der Waals surface area contributed by atoms with Crippen molar-refractivity contribution in [1.29, 1.82) is 0 Å². The molecule has 1 amide bonds. The van der Waals surface area contributed by atoms with Crippen molar-refractivity contribution in [1.82, 2.24) is 5.32 Å². The summed E-state index contributed by atoms with van der Waals surface area (Å²) in [6.45, 7) is 3.53. The Kier molecular flexibility index (Phi) is 2.53. The lowest BCUT2D eigenvalue weighted by atomic mass is 9.69. The van der Waals surface area contributed by atoms with Crippen LogP contribution in [0.5, 0.6) is 0 Å². The minimum atomic E-state index is 0.0184. The van der Waals surface area contributed by atoms with Crippen LogP contribution >= 0.6 is 0 Å². The molecule has 0 heterocycles. The predicted octanol–water partition coefficient (Wildman–Crippen LogP) is 2.50. The van der Waals surface area contributed by atoms with E-state index in [4.69, 9.17) is 0 Å². The van der Waals surface area contributed by atoms with Gasteiger partial charge in [0.05, 0.1) is 0 Å². The van der Waals surface area contributed by atoms with Crippen LogP contribution in [0.2, 0.25) is 0 Å². The first-order valence-electron chi connectivity index (χ1n) is 6.72. The number of amides is 1. The zero-order valence-electron chi connectivity index (χ0n) is 9.82. The van der Waals surface area contributed by atoms with Crippen LogP contribution in [0.4, 0.5) is 0 Å². The molecule has 3 rings (SSSR count). The fourth-order valence-corrected chi connectivity index (χ4v) is 4.65. The SMILES string of the molecule is C=CC(=O)NC1CC2CC1C1CCCCC21. The molecule has 3 fully saturated rings. The quantitative estimate of drug-likeness (QED) is 0.710. The van der Waals surface area contributed by atoms with Crippen LogP contribution < -0.4 is 5.32 Å². The minimum Gasteiger partial charge on any atom is -0.350 e. The van der Waals surface area contributed by atoms with Crippen LogP contribution in [-0.2, 0) is 4.79 Å². The van der Waals surface area contributed by atoms with Gasteiger partial charge in [-0.3, -0.25) is 4.79 Å². The highest BCUT2D eigenvalue weighted by molar-refractivity contribution is 5.87. The van der Waals surface area contributed by atoms with Gasteiger partial charge in [0.15, 0.2) is 0 Å². The smallest absolute Gasteiger partial charge is 0.243 e. The Morgan fingerprint density at radius 2 is 1.88 bits per heavy atom. The normalized spacial score (nSPS) is 45.1. The Labute approximate surface area is 97.5 Å². The predicted molar refractivity (Wildman–Crippen MR) is 63.8 cm³/mol. The average molecular weight is 219 g/mol. The number of nitrogens with one attached hydrogen (secondary N) is 1. The van der Waals surface area contributed by atoms with Crippen molar-refractivity contribution in [3.05, 3.63) is 12.7 Å². The van der Waals surface area contributed by atoms with E-state index in [1.54, 1.807) is 0 Å². The maximum Gasteiger partial charge on any atom is 0.243 e. The molecule has 2 bridgehead atoms. The minimum absolute atomic E-state index is 0.0184. The summed E-state index contributed by atoms with van der Waals surface area (Å²) in [5, 5.41) is 3.14. The van der Waals surface area contributed by atoms with E-state index in [0.717, 1.165) is 23.7 Å². The third kappa shape index (κ3) is 1.50. The first kappa shape index (κ1) is 10.4. The fraction of sp³-hybridized carbons (Fsp3) is 0.786. The van der Waals surface area contributed by atoms with Crippen molar-refractivity contribution < 1.29 is 4.79 Å². The molecular formula is C14H21NO. The van der Waals surface area contributed by atoms with E-state index < -0.39 is 0 Å². The lowest BCUT2D eigenvalue weighted by Gasteiger charge is -2.39. The van der Waals surface area contributed by atoms with Crippen LogP contribution in [0.1, 0.15) is 38.5 Å². The van der Waals surface area contributed by atoms with Gasteiger partial charge in [0.1, 0.15) is 0 Å². The molecule has 0 aromatic rings. The first-order chi connectivity index (χ1) is 7.79. The van der Waals surface area contributed by atoms with E-state index in [1.807, 2.05) is 0 Å². The van der Waals surface area contributed by atoms with Gasteiger partial charge in [0, 0.05) is 6.04 Å². The molecule has 88 valence electrons. The maximum absolute atomic E-state index is 11.4.